The summed E-state index contributed by atoms with van der Waals surface area (Å²) in [6.07, 6.45) is 6.08. The molecule has 0 fully saturated rings. The lowest BCUT2D eigenvalue weighted by molar-refractivity contribution is -0.143. The third-order valence-corrected chi connectivity index (χ3v) is 5.19. The fraction of sp³-hybridized carbons (Fsp3) is 0.917. The van der Waals surface area contributed by atoms with Crippen molar-refractivity contribution in [2.24, 2.45) is 0 Å². The van der Waals surface area contributed by atoms with Gasteiger partial charge in [0.15, 0.2) is 6.23 Å². The molecule has 0 aliphatic heterocycles. The SMILES string of the molecule is CCCCCCCC(=O)OC[Si](OC)(OC)OC. The van der Waals surface area contributed by atoms with Crippen molar-refractivity contribution in [3.05, 3.63) is 0 Å². The number of rotatable bonds is 11. The fourth-order valence-electron chi connectivity index (χ4n) is 1.54. The molecular formula is C12H26O5Si. The molecule has 0 unspecified atom stereocenters. The summed E-state index contributed by atoms with van der Waals surface area (Å²) >= 11 is 0. The van der Waals surface area contributed by atoms with Crippen LogP contribution >= 0.6 is 0 Å². The van der Waals surface area contributed by atoms with Crippen molar-refractivity contribution >= 4 is 14.8 Å². The summed E-state index contributed by atoms with van der Waals surface area (Å²) in [7, 11) is 1.71. The van der Waals surface area contributed by atoms with Crippen LogP contribution in [0.15, 0.2) is 0 Å². The van der Waals surface area contributed by atoms with Crippen LogP contribution in [0, 0.1) is 0 Å². The average Bonchev–Trinajstić information content (AvgIpc) is 2.41. The maximum atomic E-state index is 11.5. The number of hydrogen-bond acceptors (Lipinski definition) is 5. The molecule has 0 aromatic rings. The number of unbranched alkanes of at least 4 members (excludes halogenated alkanes) is 4. The highest BCUT2D eigenvalue weighted by atomic mass is 28.4. The first-order valence-corrected chi connectivity index (χ1v) is 8.38. The van der Waals surface area contributed by atoms with Gasteiger partial charge in [0.05, 0.1) is 0 Å². The molecule has 0 bridgehead atoms. The molecule has 0 aromatic carbocycles. The molecule has 0 rings (SSSR count). The Balaban J connectivity index is 3.74. The van der Waals surface area contributed by atoms with Crippen molar-refractivity contribution < 1.29 is 22.8 Å². The Kier molecular flexibility index (Phi) is 10.2. The van der Waals surface area contributed by atoms with Gasteiger partial charge in [-0.25, -0.2) is 0 Å². The zero-order valence-corrected chi connectivity index (χ0v) is 13.0. The summed E-state index contributed by atoms with van der Waals surface area (Å²) in [5.41, 5.74) is 0. The molecule has 0 aliphatic rings. The maximum absolute atomic E-state index is 11.5. The van der Waals surface area contributed by atoms with Crippen LogP contribution in [0.3, 0.4) is 0 Å². The Morgan fingerprint density at radius 3 is 2.00 bits per heavy atom. The fourth-order valence-corrected chi connectivity index (χ4v) is 2.73. The van der Waals surface area contributed by atoms with E-state index in [1.807, 2.05) is 0 Å². The summed E-state index contributed by atoms with van der Waals surface area (Å²) in [4.78, 5) is 11.5. The van der Waals surface area contributed by atoms with Gasteiger partial charge in [-0.3, -0.25) is 4.79 Å². The highest BCUT2D eigenvalue weighted by Gasteiger charge is 2.40. The molecule has 0 saturated carbocycles. The van der Waals surface area contributed by atoms with Crippen molar-refractivity contribution in [3.8, 4) is 0 Å². The van der Waals surface area contributed by atoms with Crippen LogP contribution in [-0.4, -0.2) is 42.3 Å². The van der Waals surface area contributed by atoms with Gasteiger partial charge in [0.25, 0.3) is 0 Å². The Morgan fingerprint density at radius 1 is 0.944 bits per heavy atom. The highest BCUT2D eigenvalue weighted by molar-refractivity contribution is 6.60. The third-order valence-electron chi connectivity index (χ3n) is 2.83. The second kappa shape index (κ2) is 10.5. The third kappa shape index (κ3) is 7.10. The van der Waals surface area contributed by atoms with E-state index in [0.717, 1.165) is 12.8 Å². The number of carbonyl (C=O) groups is 1. The molecule has 0 heterocycles. The molecule has 0 spiro atoms. The molecule has 0 saturated heterocycles. The number of ether oxygens (including phenoxy) is 1. The molecule has 18 heavy (non-hydrogen) atoms. The first kappa shape index (κ1) is 17.6. The lowest BCUT2D eigenvalue weighted by atomic mass is 10.1. The quantitative estimate of drug-likeness (QED) is 0.330. The summed E-state index contributed by atoms with van der Waals surface area (Å²) in [5, 5.41) is 0. The van der Waals surface area contributed by atoms with E-state index in [4.69, 9.17) is 18.0 Å². The van der Waals surface area contributed by atoms with E-state index in [0.29, 0.717) is 6.42 Å². The van der Waals surface area contributed by atoms with Gasteiger partial charge in [-0.15, -0.1) is 0 Å². The standard InChI is InChI=1S/C12H26O5Si/c1-5-6-7-8-9-10-12(13)17-11-18(14-2,15-3)16-4/h5-11H2,1-4H3. The molecule has 0 radical (unpaired) electrons. The second-order valence-corrected chi connectivity index (χ2v) is 7.00. The number of hydrogen-bond donors (Lipinski definition) is 0. The van der Waals surface area contributed by atoms with Crippen molar-refractivity contribution in [2.75, 3.05) is 27.6 Å². The molecule has 6 heteroatoms. The van der Waals surface area contributed by atoms with Crippen LogP contribution in [0.4, 0.5) is 0 Å². The van der Waals surface area contributed by atoms with Crippen LogP contribution < -0.4 is 0 Å². The van der Waals surface area contributed by atoms with E-state index < -0.39 is 8.80 Å². The van der Waals surface area contributed by atoms with Crippen molar-refractivity contribution in [1.29, 1.82) is 0 Å². The van der Waals surface area contributed by atoms with E-state index in [1.165, 1.54) is 40.6 Å². The molecule has 108 valence electrons. The molecule has 0 N–H and O–H groups in total. The molecule has 0 amide bonds. The maximum Gasteiger partial charge on any atom is 0.539 e. The zero-order valence-electron chi connectivity index (χ0n) is 12.0. The van der Waals surface area contributed by atoms with Gasteiger partial charge in [-0.2, -0.15) is 0 Å². The van der Waals surface area contributed by atoms with E-state index >= 15 is 0 Å². The predicted octanol–water partition coefficient (Wildman–Crippen LogP) is 2.31. The van der Waals surface area contributed by atoms with Crippen molar-refractivity contribution in [3.63, 3.8) is 0 Å². The number of esters is 1. The molecule has 5 nitrogen and oxygen atoms in total. The normalized spacial score (nSPS) is 11.6. The number of carbonyl (C=O) groups excluding carboxylic acids is 1. The largest absolute Gasteiger partial charge is 0.539 e. The molecule has 0 atom stereocenters. The summed E-state index contributed by atoms with van der Waals surface area (Å²) in [6.45, 7) is 2.17. The Hall–Kier alpha value is -0.433. The van der Waals surface area contributed by atoms with Crippen LogP contribution in [0.2, 0.25) is 0 Å². The van der Waals surface area contributed by atoms with Gasteiger partial charge in [0.2, 0.25) is 0 Å². The van der Waals surface area contributed by atoms with Gasteiger partial charge in [0.1, 0.15) is 0 Å². The van der Waals surface area contributed by atoms with E-state index in [9.17, 15) is 4.79 Å². The van der Waals surface area contributed by atoms with Crippen LogP contribution in [-0.2, 0) is 22.8 Å². The van der Waals surface area contributed by atoms with Crippen LogP contribution in [0.5, 0.6) is 0 Å². The molecular weight excluding hydrogens is 252 g/mol. The second-order valence-electron chi connectivity index (χ2n) is 4.12. The van der Waals surface area contributed by atoms with Gasteiger partial charge < -0.3 is 18.0 Å². The average molecular weight is 278 g/mol. The van der Waals surface area contributed by atoms with Gasteiger partial charge >= 0.3 is 14.8 Å². The Bertz CT molecular complexity index is 210. The minimum atomic E-state index is -2.78. The lowest BCUT2D eigenvalue weighted by Gasteiger charge is -2.23. The Morgan fingerprint density at radius 2 is 1.50 bits per heavy atom. The monoisotopic (exact) mass is 278 g/mol. The van der Waals surface area contributed by atoms with Gasteiger partial charge in [-0.1, -0.05) is 32.6 Å². The van der Waals surface area contributed by atoms with Crippen molar-refractivity contribution in [2.45, 2.75) is 45.4 Å². The molecule has 0 aliphatic carbocycles. The Labute approximate surface area is 111 Å². The first-order valence-electron chi connectivity index (χ1n) is 6.45. The molecule has 0 aromatic heterocycles. The van der Waals surface area contributed by atoms with E-state index in [1.54, 1.807) is 0 Å². The summed E-state index contributed by atoms with van der Waals surface area (Å²) in [5.74, 6) is -0.213. The van der Waals surface area contributed by atoms with Crippen molar-refractivity contribution in [1.82, 2.24) is 0 Å². The van der Waals surface area contributed by atoms with Gasteiger partial charge in [-0.05, 0) is 6.42 Å². The topological polar surface area (TPSA) is 54.0 Å². The summed E-state index contributed by atoms with van der Waals surface area (Å²) in [6, 6.07) is 0. The lowest BCUT2D eigenvalue weighted by Crippen LogP contribution is -2.48. The van der Waals surface area contributed by atoms with E-state index in [2.05, 4.69) is 6.92 Å². The highest BCUT2D eigenvalue weighted by Crippen LogP contribution is 2.09. The zero-order chi connectivity index (χ0) is 13.9. The van der Waals surface area contributed by atoms with E-state index in [-0.39, 0.29) is 12.2 Å². The van der Waals surface area contributed by atoms with Crippen LogP contribution in [0.25, 0.3) is 0 Å². The smallest absolute Gasteiger partial charge is 0.461 e. The van der Waals surface area contributed by atoms with Crippen LogP contribution in [0.1, 0.15) is 45.4 Å². The minimum Gasteiger partial charge on any atom is -0.461 e. The van der Waals surface area contributed by atoms with Gasteiger partial charge in [0, 0.05) is 27.8 Å². The minimum absolute atomic E-state index is 0.0737. The first-order chi connectivity index (χ1) is 8.64. The predicted molar refractivity (Wildman–Crippen MR) is 71.1 cm³/mol. The summed E-state index contributed by atoms with van der Waals surface area (Å²) < 4.78 is 20.6.